The highest BCUT2D eigenvalue weighted by atomic mass is 16.6. The van der Waals surface area contributed by atoms with Crippen molar-refractivity contribution in [2.24, 2.45) is 0 Å². The van der Waals surface area contributed by atoms with Crippen LogP contribution in [0, 0.1) is 22.0 Å². The molecule has 0 amide bonds. The fourth-order valence-corrected chi connectivity index (χ4v) is 2.09. The fourth-order valence-electron chi connectivity index (χ4n) is 2.09. The van der Waals surface area contributed by atoms with Gasteiger partial charge in [-0.05, 0) is 19.3 Å². The van der Waals surface area contributed by atoms with Crippen molar-refractivity contribution in [3.05, 3.63) is 21.9 Å². The minimum Gasteiger partial charge on any atom is -0.291 e. The molecule has 0 aromatic carbocycles. The van der Waals surface area contributed by atoms with Crippen molar-refractivity contribution in [2.45, 2.75) is 84.0 Å². The van der Waals surface area contributed by atoms with Gasteiger partial charge in [0.05, 0.1) is 4.92 Å². The predicted molar refractivity (Wildman–Crippen MR) is 89.6 cm³/mol. The monoisotopic (exact) mass is 306 g/mol. The molecule has 0 spiro atoms. The van der Waals surface area contributed by atoms with E-state index in [-0.39, 0.29) is 10.6 Å². The third kappa shape index (κ3) is 13.4. The summed E-state index contributed by atoms with van der Waals surface area (Å²) in [5, 5.41) is 10.9. The summed E-state index contributed by atoms with van der Waals surface area (Å²) >= 11 is 0. The Hall–Kier alpha value is -1.63. The van der Waals surface area contributed by atoms with E-state index >= 15 is 0 Å². The second kappa shape index (κ2) is 15.8. The Morgan fingerprint density at radius 2 is 1.68 bits per heavy atom. The first-order valence-corrected chi connectivity index (χ1v) is 8.36. The molecule has 0 aromatic heterocycles. The van der Waals surface area contributed by atoms with Crippen molar-refractivity contribution in [2.75, 3.05) is 0 Å². The molecule has 0 aliphatic rings. The number of hydrogen-bond acceptors (Lipinski definition) is 3. The van der Waals surface area contributed by atoms with Crippen molar-refractivity contribution in [3.8, 4) is 11.8 Å². The summed E-state index contributed by atoms with van der Waals surface area (Å²) in [5.74, 6) is 6.06. The molecule has 0 saturated heterocycles. The minimum absolute atomic E-state index is 0.208. The molecule has 1 radical (unpaired) electrons. The molecule has 22 heavy (non-hydrogen) atoms. The van der Waals surface area contributed by atoms with Gasteiger partial charge in [-0.1, -0.05) is 44.9 Å². The molecule has 0 atom stereocenters. The van der Waals surface area contributed by atoms with E-state index in [4.69, 9.17) is 0 Å². The number of nitro groups is 1. The van der Waals surface area contributed by atoms with E-state index in [1.54, 1.807) is 12.4 Å². The van der Waals surface area contributed by atoms with Gasteiger partial charge in [-0.25, -0.2) is 0 Å². The average Bonchev–Trinajstić information content (AvgIpc) is 2.50. The summed E-state index contributed by atoms with van der Waals surface area (Å²) in [6.45, 7) is 2.21. The molecule has 0 aliphatic heterocycles. The Kier molecular flexibility index (Phi) is 14.6. The van der Waals surface area contributed by atoms with E-state index in [1.807, 2.05) is 0 Å². The molecule has 0 fully saturated rings. The molecule has 4 nitrogen and oxygen atoms in total. The zero-order valence-electron chi connectivity index (χ0n) is 13.7. The van der Waals surface area contributed by atoms with Crippen LogP contribution in [0.3, 0.4) is 0 Å². The lowest BCUT2D eigenvalue weighted by Gasteiger charge is -1.97. The Morgan fingerprint density at radius 3 is 2.36 bits per heavy atom. The van der Waals surface area contributed by atoms with Crippen LogP contribution in [-0.4, -0.2) is 11.2 Å². The lowest BCUT2D eigenvalue weighted by atomic mass is 10.1. The number of nitrogens with zero attached hydrogens (tertiary/aromatic N) is 1. The van der Waals surface area contributed by atoms with Crippen LogP contribution < -0.4 is 0 Å². The predicted octanol–water partition coefficient (Wildman–Crippen LogP) is 4.96. The third-order valence-corrected chi connectivity index (χ3v) is 3.42. The summed E-state index contributed by atoms with van der Waals surface area (Å²) in [6, 6.07) is 0. The first-order chi connectivity index (χ1) is 10.7. The number of unbranched alkanes of at least 4 members (excludes halogenated alkanes) is 8. The zero-order valence-corrected chi connectivity index (χ0v) is 13.7. The fraction of sp³-hybridized carbons (Fsp3) is 0.722. The highest BCUT2D eigenvalue weighted by Crippen LogP contribution is 2.10. The Balaban J connectivity index is 3.82. The van der Waals surface area contributed by atoms with Crippen LogP contribution in [0.5, 0.6) is 0 Å². The van der Waals surface area contributed by atoms with Crippen molar-refractivity contribution in [1.82, 2.24) is 0 Å². The van der Waals surface area contributed by atoms with E-state index in [2.05, 4.69) is 18.8 Å². The highest BCUT2D eigenvalue weighted by molar-refractivity contribution is 5.50. The van der Waals surface area contributed by atoms with Gasteiger partial charge in [0.15, 0.2) is 6.29 Å². The number of hydrogen-bond donors (Lipinski definition) is 0. The van der Waals surface area contributed by atoms with Gasteiger partial charge in [0.25, 0.3) is 0 Å². The second-order valence-electron chi connectivity index (χ2n) is 5.38. The molecular weight excluding hydrogens is 278 g/mol. The van der Waals surface area contributed by atoms with E-state index in [0.29, 0.717) is 32.1 Å². The summed E-state index contributed by atoms with van der Waals surface area (Å²) in [4.78, 5) is 20.6. The van der Waals surface area contributed by atoms with E-state index in [1.165, 1.54) is 32.1 Å². The summed E-state index contributed by atoms with van der Waals surface area (Å²) in [5.41, 5.74) is 0.208. The maximum atomic E-state index is 10.9. The van der Waals surface area contributed by atoms with Gasteiger partial charge < -0.3 is 0 Å². The molecule has 0 heterocycles. The van der Waals surface area contributed by atoms with Crippen LogP contribution in [0.25, 0.3) is 0 Å². The smallest absolute Gasteiger partial charge is 0.243 e. The Labute approximate surface area is 134 Å². The second-order valence-corrected chi connectivity index (χ2v) is 5.38. The van der Waals surface area contributed by atoms with Gasteiger partial charge in [-0.2, -0.15) is 0 Å². The first-order valence-electron chi connectivity index (χ1n) is 8.36. The Bertz CT molecular complexity index is 391. The first kappa shape index (κ1) is 20.4. The molecule has 0 unspecified atom stereocenters. The van der Waals surface area contributed by atoms with Crippen molar-refractivity contribution >= 4 is 6.29 Å². The molecule has 4 heteroatoms. The number of allylic oxidation sites excluding steroid dienone is 2. The van der Waals surface area contributed by atoms with Crippen LogP contribution in [0.15, 0.2) is 11.8 Å². The largest absolute Gasteiger partial charge is 0.291 e. The number of rotatable bonds is 13. The third-order valence-electron chi connectivity index (χ3n) is 3.42. The quantitative estimate of drug-likeness (QED) is 0.209. The van der Waals surface area contributed by atoms with Gasteiger partial charge in [0, 0.05) is 31.8 Å². The van der Waals surface area contributed by atoms with E-state index in [0.717, 1.165) is 12.8 Å². The molecular formula is C18H28NO3. The van der Waals surface area contributed by atoms with Crippen LogP contribution in [0.2, 0.25) is 0 Å². The van der Waals surface area contributed by atoms with Crippen LogP contribution >= 0.6 is 0 Å². The summed E-state index contributed by atoms with van der Waals surface area (Å²) < 4.78 is 0. The highest BCUT2D eigenvalue weighted by Gasteiger charge is 2.08. The van der Waals surface area contributed by atoms with Crippen LogP contribution in [0.1, 0.15) is 84.0 Å². The van der Waals surface area contributed by atoms with Crippen LogP contribution in [0.4, 0.5) is 0 Å². The van der Waals surface area contributed by atoms with Crippen LogP contribution in [-0.2, 0) is 4.79 Å². The molecule has 0 aromatic rings. The zero-order chi connectivity index (χ0) is 16.5. The molecule has 0 N–H and O–H groups in total. The normalized spacial score (nSPS) is 10.9. The molecule has 0 rings (SSSR count). The van der Waals surface area contributed by atoms with Gasteiger partial charge in [-0.15, -0.1) is 5.92 Å². The van der Waals surface area contributed by atoms with Gasteiger partial charge in [0.1, 0.15) is 0 Å². The molecule has 123 valence electrons. The van der Waals surface area contributed by atoms with E-state index < -0.39 is 0 Å². The Morgan fingerprint density at radius 1 is 1.00 bits per heavy atom. The lowest BCUT2D eigenvalue weighted by Crippen LogP contribution is -1.98. The van der Waals surface area contributed by atoms with Crippen molar-refractivity contribution in [3.63, 3.8) is 0 Å². The van der Waals surface area contributed by atoms with Crippen molar-refractivity contribution in [1.29, 1.82) is 0 Å². The summed E-state index contributed by atoms with van der Waals surface area (Å²) in [6.07, 6.45) is 14.2. The molecule has 0 bridgehead atoms. The standard InChI is InChI=1S/C18H28NO3/c1-2-3-4-5-6-7-8-9-10-12-15-18(19(21)22)16-13-11-14-17-20/h15H,2-8,11-14,16H2,1H3. The topological polar surface area (TPSA) is 60.2 Å². The maximum Gasteiger partial charge on any atom is 0.243 e. The molecule has 0 saturated carbocycles. The summed E-state index contributed by atoms with van der Waals surface area (Å²) in [7, 11) is 0. The van der Waals surface area contributed by atoms with Gasteiger partial charge in [0.2, 0.25) is 5.70 Å². The van der Waals surface area contributed by atoms with E-state index in [9.17, 15) is 14.9 Å². The van der Waals surface area contributed by atoms with Gasteiger partial charge in [-0.3, -0.25) is 14.9 Å². The van der Waals surface area contributed by atoms with Gasteiger partial charge >= 0.3 is 0 Å². The lowest BCUT2D eigenvalue weighted by molar-refractivity contribution is -0.428. The average molecular weight is 306 g/mol. The SMILES string of the molecule is CCCCCCCCC#CCC=C(CCCC[C]=O)[N+](=O)[O-]. The molecule has 0 aliphatic carbocycles. The van der Waals surface area contributed by atoms with Crippen molar-refractivity contribution < 1.29 is 9.72 Å². The number of carbonyl (C=O) groups excluding carboxylic acids is 1. The minimum atomic E-state index is -0.347. The maximum absolute atomic E-state index is 10.9.